The number of carbonyl (C=O) groups excluding carboxylic acids is 1. The van der Waals surface area contributed by atoms with Gasteiger partial charge in [-0.15, -0.1) is 0 Å². The molecule has 1 saturated heterocycles. The van der Waals surface area contributed by atoms with E-state index in [-0.39, 0.29) is 5.78 Å². The number of rotatable bonds is 0. The van der Waals surface area contributed by atoms with Crippen LogP contribution >= 0.6 is 0 Å². The minimum absolute atomic E-state index is 0.258. The number of Topliss-reactive ketones (excluding diaryl/α,β-unsaturated/α-hetero) is 1. The molecule has 2 spiro atoms. The molecular weight excluding hydrogens is 296 g/mol. The summed E-state index contributed by atoms with van der Waals surface area (Å²) >= 11 is 0. The van der Waals surface area contributed by atoms with Crippen LogP contribution in [0.3, 0.4) is 0 Å². The van der Waals surface area contributed by atoms with Crippen molar-refractivity contribution >= 4 is 5.78 Å². The van der Waals surface area contributed by atoms with Crippen LogP contribution in [0.5, 0.6) is 0 Å². The molecule has 23 heavy (non-hydrogen) atoms. The van der Waals surface area contributed by atoms with Crippen LogP contribution in [-0.2, 0) is 24.3 Å². The maximum atomic E-state index is 11.4. The normalized spacial score (nSPS) is 29.8. The standard InChI is InChI=1S/C18H30O5/c19-16-10-14-18(15-11-16)22-20-17(21-23-18)12-8-6-4-2-1-3-5-7-9-13-17/h1-15H2. The Morgan fingerprint density at radius 2 is 0.870 bits per heavy atom. The summed E-state index contributed by atoms with van der Waals surface area (Å²) in [6.07, 6.45) is 14.7. The van der Waals surface area contributed by atoms with Gasteiger partial charge in [0.05, 0.1) is 0 Å². The van der Waals surface area contributed by atoms with Crippen molar-refractivity contribution in [2.45, 2.75) is 108 Å². The van der Waals surface area contributed by atoms with Crippen LogP contribution in [0.25, 0.3) is 0 Å². The van der Waals surface area contributed by atoms with Gasteiger partial charge in [-0.2, -0.15) is 19.6 Å². The lowest BCUT2D eigenvalue weighted by Crippen LogP contribution is -2.52. The Labute approximate surface area is 138 Å². The van der Waals surface area contributed by atoms with Crippen molar-refractivity contribution in [2.24, 2.45) is 0 Å². The minimum Gasteiger partial charge on any atom is -0.300 e. The average molecular weight is 326 g/mol. The van der Waals surface area contributed by atoms with Gasteiger partial charge in [0.25, 0.3) is 0 Å². The van der Waals surface area contributed by atoms with Gasteiger partial charge in [0, 0.05) is 38.5 Å². The van der Waals surface area contributed by atoms with E-state index in [2.05, 4.69) is 0 Å². The summed E-state index contributed by atoms with van der Waals surface area (Å²) in [5.41, 5.74) is 0. The Bertz CT molecular complexity index is 361. The second-order valence-electron chi connectivity index (χ2n) is 7.38. The predicted molar refractivity (Wildman–Crippen MR) is 84.1 cm³/mol. The van der Waals surface area contributed by atoms with E-state index in [1.54, 1.807) is 0 Å². The van der Waals surface area contributed by atoms with Gasteiger partial charge >= 0.3 is 0 Å². The quantitative estimate of drug-likeness (QED) is 0.602. The lowest BCUT2D eigenvalue weighted by atomic mass is 9.93. The first-order chi connectivity index (χ1) is 11.2. The molecule has 132 valence electrons. The number of hydrogen-bond donors (Lipinski definition) is 0. The van der Waals surface area contributed by atoms with Gasteiger partial charge in [0.15, 0.2) is 0 Å². The lowest BCUT2D eigenvalue weighted by Gasteiger charge is -2.44. The van der Waals surface area contributed by atoms with Gasteiger partial charge in [-0.25, -0.2) is 0 Å². The third-order valence-corrected chi connectivity index (χ3v) is 5.38. The van der Waals surface area contributed by atoms with Crippen LogP contribution < -0.4 is 0 Å². The first-order valence-corrected chi connectivity index (χ1v) is 9.48. The van der Waals surface area contributed by atoms with Crippen LogP contribution in [0, 0.1) is 0 Å². The van der Waals surface area contributed by atoms with Crippen LogP contribution in [0.2, 0.25) is 0 Å². The topological polar surface area (TPSA) is 54.0 Å². The first-order valence-electron chi connectivity index (χ1n) is 9.48. The van der Waals surface area contributed by atoms with E-state index in [9.17, 15) is 4.79 Å². The monoisotopic (exact) mass is 326 g/mol. The zero-order chi connectivity index (χ0) is 16.0. The first kappa shape index (κ1) is 17.3. The highest BCUT2D eigenvalue weighted by Gasteiger charge is 2.49. The fraction of sp³-hybridized carbons (Fsp3) is 0.944. The van der Waals surface area contributed by atoms with E-state index in [0.717, 1.165) is 25.7 Å². The summed E-state index contributed by atoms with van der Waals surface area (Å²) in [7, 11) is 0. The Kier molecular flexibility index (Phi) is 6.07. The van der Waals surface area contributed by atoms with Gasteiger partial charge in [0.1, 0.15) is 5.78 Å². The van der Waals surface area contributed by atoms with E-state index >= 15 is 0 Å². The van der Waals surface area contributed by atoms with E-state index in [0.29, 0.717) is 25.7 Å². The van der Waals surface area contributed by atoms with Gasteiger partial charge in [-0.3, -0.25) is 4.79 Å². The van der Waals surface area contributed by atoms with Gasteiger partial charge in [0.2, 0.25) is 11.6 Å². The summed E-state index contributed by atoms with van der Waals surface area (Å²) in [5, 5.41) is 0. The van der Waals surface area contributed by atoms with Crippen molar-refractivity contribution in [3.8, 4) is 0 Å². The fourth-order valence-electron chi connectivity index (χ4n) is 3.73. The van der Waals surface area contributed by atoms with E-state index < -0.39 is 11.6 Å². The molecule has 2 saturated carbocycles. The maximum Gasteiger partial charge on any atom is 0.235 e. The summed E-state index contributed by atoms with van der Waals surface area (Å²) in [5.74, 6) is -1.37. The van der Waals surface area contributed by atoms with Crippen molar-refractivity contribution in [3.05, 3.63) is 0 Å². The fourth-order valence-corrected chi connectivity index (χ4v) is 3.73. The van der Waals surface area contributed by atoms with E-state index in [1.807, 2.05) is 0 Å². The van der Waals surface area contributed by atoms with Crippen LogP contribution in [-0.4, -0.2) is 17.4 Å². The molecule has 3 rings (SSSR count). The Hall–Kier alpha value is -0.490. The van der Waals surface area contributed by atoms with Crippen molar-refractivity contribution in [3.63, 3.8) is 0 Å². The molecule has 1 heterocycles. The third kappa shape index (κ3) is 4.75. The molecule has 0 N–H and O–H groups in total. The van der Waals surface area contributed by atoms with Crippen molar-refractivity contribution in [1.82, 2.24) is 0 Å². The van der Waals surface area contributed by atoms with E-state index in [4.69, 9.17) is 19.6 Å². The third-order valence-electron chi connectivity index (χ3n) is 5.38. The van der Waals surface area contributed by atoms with Gasteiger partial charge in [-0.05, 0) is 12.8 Å². The predicted octanol–water partition coefficient (Wildman–Crippen LogP) is 4.74. The molecule has 5 nitrogen and oxygen atoms in total. The molecule has 0 bridgehead atoms. The second kappa shape index (κ2) is 8.06. The van der Waals surface area contributed by atoms with Crippen molar-refractivity contribution < 1.29 is 24.3 Å². The highest BCUT2D eigenvalue weighted by molar-refractivity contribution is 5.79. The largest absolute Gasteiger partial charge is 0.300 e. The maximum absolute atomic E-state index is 11.4. The number of hydrogen-bond acceptors (Lipinski definition) is 5. The van der Waals surface area contributed by atoms with E-state index in [1.165, 1.54) is 44.9 Å². The number of ketones is 1. The zero-order valence-corrected chi connectivity index (χ0v) is 14.1. The van der Waals surface area contributed by atoms with Crippen molar-refractivity contribution in [2.75, 3.05) is 0 Å². The van der Waals surface area contributed by atoms with Crippen LogP contribution in [0.15, 0.2) is 0 Å². The molecule has 3 aliphatic rings. The van der Waals surface area contributed by atoms with Gasteiger partial charge < -0.3 is 0 Å². The van der Waals surface area contributed by atoms with Crippen LogP contribution in [0.1, 0.15) is 96.3 Å². The molecule has 0 atom stereocenters. The zero-order valence-electron chi connectivity index (χ0n) is 14.1. The summed E-state index contributed by atoms with van der Waals surface area (Å²) < 4.78 is 0. The Balaban J connectivity index is 1.55. The summed E-state index contributed by atoms with van der Waals surface area (Å²) in [4.78, 5) is 34.3. The molecule has 0 radical (unpaired) electrons. The molecule has 0 amide bonds. The number of carbonyl (C=O) groups is 1. The minimum atomic E-state index is -0.872. The highest BCUT2D eigenvalue weighted by Crippen LogP contribution is 2.42. The molecular formula is C18H30O5. The SMILES string of the molecule is O=C1CCC2(CC1)OOC1(CCCCCCCCCCC1)OO2. The Morgan fingerprint density at radius 3 is 1.30 bits per heavy atom. The van der Waals surface area contributed by atoms with Crippen molar-refractivity contribution in [1.29, 1.82) is 0 Å². The Morgan fingerprint density at radius 1 is 0.522 bits per heavy atom. The highest BCUT2D eigenvalue weighted by atomic mass is 17.4. The molecule has 0 unspecified atom stereocenters. The summed E-state index contributed by atoms with van der Waals surface area (Å²) in [6, 6.07) is 0. The van der Waals surface area contributed by atoms with Crippen LogP contribution in [0.4, 0.5) is 0 Å². The smallest absolute Gasteiger partial charge is 0.235 e. The molecule has 2 aliphatic carbocycles. The lowest BCUT2D eigenvalue weighted by molar-refractivity contribution is -0.660. The molecule has 0 aromatic carbocycles. The van der Waals surface area contributed by atoms with Gasteiger partial charge in [-0.1, -0.05) is 44.9 Å². The molecule has 1 aliphatic heterocycles. The second-order valence-corrected chi connectivity index (χ2v) is 7.38. The molecule has 3 fully saturated rings. The molecule has 0 aromatic heterocycles. The molecule has 0 aromatic rings. The summed E-state index contributed by atoms with van der Waals surface area (Å²) in [6.45, 7) is 0. The average Bonchev–Trinajstić information content (AvgIpc) is 2.56. The molecule has 5 heteroatoms.